The molecule has 1 aromatic heterocycles. The average molecular weight is 323 g/mol. The number of rotatable bonds is 3. The van der Waals surface area contributed by atoms with Crippen molar-refractivity contribution in [2.24, 2.45) is 0 Å². The van der Waals surface area contributed by atoms with Gasteiger partial charge in [0.05, 0.1) is 8.66 Å². The largest absolute Gasteiger partial charge is 0.293 e. The van der Waals surface area contributed by atoms with Crippen molar-refractivity contribution in [3.8, 4) is 0 Å². The van der Waals surface area contributed by atoms with Crippen LogP contribution in [0.15, 0.2) is 28.1 Å². The third kappa shape index (κ3) is 3.09. The van der Waals surface area contributed by atoms with Crippen LogP contribution in [-0.4, -0.2) is 5.78 Å². The predicted molar refractivity (Wildman–Crippen MR) is 80.7 cm³/mol. The van der Waals surface area contributed by atoms with Gasteiger partial charge in [-0.3, -0.25) is 4.79 Å². The van der Waals surface area contributed by atoms with Crippen LogP contribution in [0.2, 0.25) is 0 Å². The molecule has 94 valence electrons. The Hall–Kier alpha value is -0.930. The fourth-order valence-electron chi connectivity index (χ4n) is 2.04. The van der Waals surface area contributed by atoms with E-state index >= 15 is 0 Å². The van der Waals surface area contributed by atoms with E-state index in [9.17, 15) is 4.79 Å². The van der Waals surface area contributed by atoms with Crippen molar-refractivity contribution in [3.63, 3.8) is 0 Å². The lowest BCUT2D eigenvalue weighted by molar-refractivity contribution is 0.0997. The van der Waals surface area contributed by atoms with Gasteiger partial charge in [0.1, 0.15) is 0 Å². The second-order valence-electron chi connectivity index (χ2n) is 4.66. The van der Waals surface area contributed by atoms with E-state index in [0.717, 1.165) is 19.8 Å². The highest BCUT2D eigenvalue weighted by atomic mass is 79.9. The maximum absolute atomic E-state index is 12.2. The second kappa shape index (κ2) is 5.37. The Balaban J connectivity index is 2.21. The Labute approximate surface area is 120 Å². The fraction of sp³-hybridized carbons (Fsp3) is 0.267. The van der Waals surface area contributed by atoms with Crippen molar-refractivity contribution in [2.45, 2.75) is 27.2 Å². The quantitative estimate of drug-likeness (QED) is 0.737. The van der Waals surface area contributed by atoms with Crippen LogP contribution in [0.5, 0.6) is 0 Å². The van der Waals surface area contributed by atoms with E-state index in [2.05, 4.69) is 48.0 Å². The molecule has 1 nitrogen and oxygen atoms in total. The molecule has 2 aromatic rings. The van der Waals surface area contributed by atoms with Crippen LogP contribution < -0.4 is 0 Å². The molecule has 3 heteroatoms. The molecule has 1 aromatic carbocycles. The highest BCUT2D eigenvalue weighted by molar-refractivity contribution is 9.11. The van der Waals surface area contributed by atoms with E-state index in [4.69, 9.17) is 0 Å². The van der Waals surface area contributed by atoms with Gasteiger partial charge in [-0.05, 0) is 53.9 Å². The molecule has 0 N–H and O–H groups in total. The van der Waals surface area contributed by atoms with Gasteiger partial charge < -0.3 is 0 Å². The van der Waals surface area contributed by atoms with Crippen LogP contribution >= 0.6 is 27.3 Å². The first kappa shape index (κ1) is 13.5. The summed E-state index contributed by atoms with van der Waals surface area (Å²) >= 11 is 4.98. The van der Waals surface area contributed by atoms with Crippen molar-refractivity contribution >= 4 is 33.0 Å². The Morgan fingerprint density at radius 3 is 2.22 bits per heavy atom. The predicted octanol–water partition coefficient (Wildman–Crippen LogP) is 4.86. The number of thiophene rings is 1. The molecule has 18 heavy (non-hydrogen) atoms. The average Bonchev–Trinajstić information content (AvgIpc) is 2.57. The number of halogens is 1. The zero-order valence-corrected chi connectivity index (χ0v) is 13.1. The minimum Gasteiger partial charge on any atom is -0.293 e. The number of aryl methyl sites for hydroxylation is 3. The molecule has 0 spiro atoms. The smallest absolute Gasteiger partial charge is 0.177 e. The zero-order chi connectivity index (χ0) is 13.3. The molecular weight excluding hydrogens is 308 g/mol. The van der Waals surface area contributed by atoms with E-state index < -0.39 is 0 Å². The Morgan fingerprint density at radius 1 is 1.11 bits per heavy atom. The molecule has 0 saturated carbocycles. The molecule has 0 saturated heterocycles. The molecule has 1 heterocycles. The summed E-state index contributed by atoms with van der Waals surface area (Å²) in [6.07, 6.45) is 0.481. The molecule has 0 unspecified atom stereocenters. The van der Waals surface area contributed by atoms with Crippen molar-refractivity contribution < 1.29 is 4.79 Å². The summed E-state index contributed by atoms with van der Waals surface area (Å²) in [5.74, 6) is 0.193. The van der Waals surface area contributed by atoms with E-state index in [0.29, 0.717) is 6.42 Å². The first-order valence-corrected chi connectivity index (χ1v) is 7.43. The molecular formula is C15H15BrOS. The normalized spacial score (nSPS) is 10.7. The summed E-state index contributed by atoms with van der Waals surface area (Å²) in [5, 5.41) is 0. The van der Waals surface area contributed by atoms with E-state index in [-0.39, 0.29) is 5.78 Å². The molecule has 0 fully saturated rings. The van der Waals surface area contributed by atoms with E-state index in [1.165, 1.54) is 22.5 Å². The van der Waals surface area contributed by atoms with Crippen molar-refractivity contribution in [2.75, 3.05) is 0 Å². The summed E-state index contributed by atoms with van der Waals surface area (Å²) < 4.78 is 1.05. The van der Waals surface area contributed by atoms with Crippen LogP contribution in [-0.2, 0) is 6.42 Å². The first-order valence-electron chi connectivity index (χ1n) is 5.82. The van der Waals surface area contributed by atoms with Crippen LogP contribution in [0.3, 0.4) is 0 Å². The number of benzene rings is 1. The highest BCUT2D eigenvalue weighted by Crippen LogP contribution is 2.28. The van der Waals surface area contributed by atoms with Gasteiger partial charge in [0.15, 0.2) is 5.78 Å². The maximum Gasteiger partial charge on any atom is 0.177 e. The zero-order valence-electron chi connectivity index (χ0n) is 10.7. The summed E-state index contributed by atoms with van der Waals surface area (Å²) in [6, 6.07) is 8.25. The SMILES string of the molecule is Cc1cc(C)cc(CC(=O)c2cc(C)c(Br)s2)c1. The lowest BCUT2D eigenvalue weighted by Gasteiger charge is -2.03. The summed E-state index contributed by atoms with van der Waals surface area (Å²) in [4.78, 5) is 13.0. The molecule has 0 bridgehead atoms. The molecule has 0 aliphatic rings. The number of hydrogen-bond donors (Lipinski definition) is 0. The maximum atomic E-state index is 12.2. The Kier molecular flexibility index (Phi) is 4.03. The van der Waals surface area contributed by atoms with Crippen LogP contribution in [0.25, 0.3) is 0 Å². The third-order valence-electron chi connectivity index (χ3n) is 2.78. The minimum absolute atomic E-state index is 0.193. The molecule has 0 atom stereocenters. The van der Waals surface area contributed by atoms with Gasteiger partial charge in [0, 0.05) is 6.42 Å². The molecule has 0 radical (unpaired) electrons. The molecule has 0 aliphatic heterocycles. The Morgan fingerprint density at radius 2 is 1.72 bits per heavy atom. The number of hydrogen-bond acceptors (Lipinski definition) is 2. The van der Waals surface area contributed by atoms with Crippen LogP contribution in [0, 0.1) is 20.8 Å². The number of carbonyl (C=O) groups is 1. The first-order chi connectivity index (χ1) is 8.45. The van der Waals surface area contributed by atoms with Crippen molar-refractivity contribution in [1.29, 1.82) is 0 Å². The minimum atomic E-state index is 0.193. The third-order valence-corrected chi connectivity index (χ3v) is 4.96. The summed E-state index contributed by atoms with van der Waals surface area (Å²) in [5.41, 5.74) is 4.64. The van der Waals surface area contributed by atoms with Crippen molar-refractivity contribution in [1.82, 2.24) is 0 Å². The molecule has 2 rings (SSSR count). The summed E-state index contributed by atoms with van der Waals surface area (Å²) in [6.45, 7) is 6.13. The van der Waals surface area contributed by atoms with E-state index in [1.807, 2.05) is 13.0 Å². The van der Waals surface area contributed by atoms with Gasteiger partial charge in [0.25, 0.3) is 0 Å². The molecule has 0 amide bonds. The monoisotopic (exact) mass is 322 g/mol. The van der Waals surface area contributed by atoms with Gasteiger partial charge in [-0.1, -0.05) is 29.3 Å². The summed E-state index contributed by atoms with van der Waals surface area (Å²) in [7, 11) is 0. The second-order valence-corrected chi connectivity index (χ2v) is 7.03. The lowest BCUT2D eigenvalue weighted by Crippen LogP contribution is -2.01. The highest BCUT2D eigenvalue weighted by Gasteiger charge is 2.12. The Bertz CT molecular complexity index is 559. The van der Waals surface area contributed by atoms with Crippen molar-refractivity contribution in [3.05, 3.63) is 55.2 Å². The number of Topliss-reactive ketones (excluding diaryl/α,β-unsaturated/α-hetero) is 1. The van der Waals surface area contributed by atoms with Gasteiger partial charge in [-0.25, -0.2) is 0 Å². The van der Waals surface area contributed by atoms with Gasteiger partial charge >= 0.3 is 0 Å². The topological polar surface area (TPSA) is 17.1 Å². The number of carbonyl (C=O) groups excluding carboxylic acids is 1. The van der Waals surface area contributed by atoms with Crippen LogP contribution in [0.1, 0.15) is 31.9 Å². The van der Waals surface area contributed by atoms with Gasteiger partial charge in [-0.15, -0.1) is 11.3 Å². The van der Waals surface area contributed by atoms with Gasteiger partial charge in [-0.2, -0.15) is 0 Å². The van der Waals surface area contributed by atoms with E-state index in [1.54, 1.807) is 0 Å². The standard InChI is InChI=1S/C15H15BrOS/c1-9-4-10(2)6-12(5-9)8-13(17)14-7-11(3)15(16)18-14/h4-7H,8H2,1-3H3. The molecule has 0 aliphatic carbocycles. The number of ketones is 1. The fourth-order valence-corrected chi connectivity index (χ4v) is 3.51. The van der Waals surface area contributed by atoms with Gasteiger partial charge in [0.2, 0.25) is 0 Å². The van der Waals surface area contributed by atoms with Crippen LogP contribution in [0.4, 0.5) is 0 Å². The lowest BCUT2D eigenvalue weighted by atomic mass is 10.0.